The first-order valence-corrected chi connectivity index (χ1v) is 10.2. The summed E-state index contributed by atoms with van der Waals surface area (Å²) in [5.74, 6) is 1.56. The Morgan fingerprint density at radius 1 is 1.19 bits per heavy atom. The zero-order valence-electron chi connectivity index (χ0n) is 14.9. The summed E-state index contributed by atoms with van der Waals surface area (Å²) in [5.41, 5.74) is 1.24. The van der Waals surface area contributed by atoms with Crippen LogP contribution >= 0.6 is 11.6 Å². The van der Waals surface area contributed by atoms with Crippen LogP contribution in [0.15, 0.2) is 57.8 Å². The van der Waals surface area contributed by atoms with Crippen LogP contribution in [0, 0.1) is 6.92 Å². The Morgan fingerprint density at radius 3 is 2.59 bits per heavy atom. The van der Waals surface area contributed by atoms with E-state index in [-0.39, 0.29) is 11.4 Å². The molecule has 2 aromatic carbocycles. The summed E-state index contributed by atoms with van der Waals surface area (Å²) in [5, 5.41) is 0.570. The summed E-state index contributed by atoms with van der Waals surface area (Å²) in [7, 11) is -3.68. The Balaban J connectivity index is 1.74. The van der Waals surface area contributed by atoms with Gasteiger partial charge in [0.2, 0.25) is 15.9 Å². The summed E-state index contributed by atoms with van der Waals surface area (Å²) >= 11 is 5.99. The molecule has 0 bridgehead atoms. The van der Waals surface area contributed by atoms with Gasteiger partial charge in [0, 0.05) is 10.6 Å². The maximum Gasteiger partial charge on any atom is 0.240 e. The molecule has 1 aromatic heterocycles. The van der Waals surface area contributed by atoms with Crippen molar-refractivity contribution < 1.29 is 17.6 Å². The molecule has 0 spiro atoms. The second-order valence-electron chi connectivity index (χ2n) is 5.76. The number of hydrogen-bond donors (Lipinski definition) is 1. The van der Waals surface area contributed by atoms with Crippen molar-refractivity contribution in [3.8, 4) is 17.2 Å². The number of nitrogens with one attached hydrogen (secondary N) is 1. The van der Waals surface area contributed by atoms with Crippen LogP contribution in [0.25, 0.3) is 11.5 Å². The highest BCUT2D eigenvalue weighted by Gasteiger charge is 2.17. The molecule has 0 aliphatic rings. The molecule has 0 aliphatic heterocycles. The lowest BCUT2D eigenvalue weighted by atomic mass is 10.2. The largest absolute Gasteiger partial charge is 0.494 e. The molecule has 0 unspecified atom stereocenters. The second kappa shape index (κ2) is 8.12. The maximum absolute atomic E-state index is 12.5. The van der Waals surface area contributed by atoms with Gasteiger partial charge in [0.05, 0.1) is 23.7 Å². The van der Waals surface area contributed by atoms with E-state index in [1.807, 2.05) is 13.0 Å². The summed E-state index contributed by atoms with van der Waals surface area (Å²) in [6.07, 6.45) is 0. The molecule has 8 heteroatoms. The van der Waals surface area contributed by atoms with Crippen LogP contribution in [-0.4, -0.2) is 20.0 Å². The molecule has 142 valence electrons. The molecule has 0 radical (unpaired) electrons. The normalized spacial score (nSPS) is 11.5. The number of nitrogens with zero attached hydrogens (tertiary/aromatic N) is 1. The first kappa shape index (κ1) is 19.4. The average molecular weight is 407 g/mol. The van der Waals surface area contributed by atoms with Gasteiger partial charge in [-0.1, -0.05) is 17.7 Å². The third-order valence-electron chi connectivity index (χ3n) is 3.84. The number of hydrogen-bond acceptors (Lipinski definition) is 5. The van der Waals surface area contributed by atoms with Gasteiger partial charge in [-0.3, -0.25) is 0 Å². The summed E-state index contributed by atoms with van der Waals surface area (Å²) < 4.78 is 38.5. The van der Waals surface area contributed by atoms with Gasteiger partial charge in [-0.15, -0.1) is 0 Å². The van der Waals surface area contributed by atoms with E-state index in [4.69, 9.17) is 20.8 Å². The number of rotatable bonds is 7. The molecule has 0 aliphatic carbocycles. The van der Waals surface area contributed by atoms with Crippen LogP contribution in [-0.2, 0) is 16.6 Å². The molecule has 3 aromatic rings. The van der Waals surface area contributed by atoms with Gasteiger partial charge in [-0.25, -0.2) is 18.1 Å². The second-order valence-corrected chi connectivity index (χ2v) is 7.96. The fraction of sp³-hybridized carbons (Fsp3) is 0.211. The Labute approximate surface area is 163 Å². The van der Waals surface area contributed by atoms with Gasteiger partial charge in [0.15, 0.2) is 0 Å². The molecule has 0 fully saturated rings. The third kappa shape index (κ3) is 4.68. The highest BCUT2D eigenvalue weighted by molar-refractivity contribution is 7.89. The molecule has 1 heterocycles. The molecule has 0 amide bonds. The van der Waals surface area contributed by atoms with Crippen molar-refractivity contribution in [2.45, 2.75) is 25.3 Å². The highest BCUT2D eigenvalue weighted by Crippen LogP contribution is 2.24. The van der Waals surface area contributed by atoms with Crippen LogP contribution in [0.5, 0.6) is 5.75 Å². The first-order valence-electron chi connectivity index (χ1n) is 8.34. The van der Waals surface area contributed by atoms with Crippen molar-refractivity contribution in [1.29, 1.82) is 0 Å². The predicted molar refractivity (Wildman–Crippen MR) is 103 cm³/mol. The molecule has 0 saturated carbocycles. The number of aromatic nitrogens is 1. The number of sulfonamides is 1. The van der Waals surface area contributed by atoms with Gasteiger partial charge in [0.1, 0.15) is 11.5 Å². The van der Waals surface area contributed by atoms with Crippen molar-refractivity contribution in [3.63, 3.8) is 0 Å². The Kier molecular flexibility index (Phi) is 5.84. The van der Waals surface area contributed by atoms with Gasteiger partial charge in [0.25, 0.3) is 0 Å². The SMILES string of the molecule is CCOc1ccc(S(=O)(=O)NCc2nc(-c3cccc(Cl)c3)oc2C)cc1. The van der Waals surface area contributed by atoms with Crippen LogP contribution in [0.1, 0.15) is 18.4 Å². The lowest BCUT2D eigenvalue weighted by Gasteiger charge is -2.07. The van der Waals surface area contributed by atoms with Gasteiger partial charge in [-0.05, 0) is 56.3 Å². The summed E-state index contributed by atoms with van der Waals surface area (Å²) in [4.78, 5) is 4.54. The molecule has 27 heavy (non-hydrogen) atoms. The quantitative estimate of drug-likeness (QED) is 0.636. The Morgan fingerprint density at radius 2 is 1.93 bits per heavy atom. The summed E-state index contributed by atoms with van der Waals surface area (Å²) in [6.45, 7) is 4.14. The minimum Gasteiger partial charge on any atom is -0.494 e. The van der Waals surface area contributed by atoms with E-state index < -0.39 is 10.0 Å². The number of benzene rings is 2. The van der Waals surface area contributed by atoms with Crippen molar-refractivity contribution >= 4 is 21.6 Å². The van der Waals surface area contributed by atoms with E-state index >= 15 is 0 Å². The Hall–Kier alpha value is -2.35. The smallest absolute Gasteiger partial charge is 0.240 e. The number of aryl methyl sites for hydroxylation is 1. The van der Waals surface area contributed by atoms with Crippen molar-refractivity contribution in [2.24, 2.45) is 0 Å². The fourth-order valence-electron chi connectivity index (χ4n) is 2.47. The summed E-state index contributed by atoms with van der Waals surface area (Å²) in [6, 6.07) is 13.4. The molecule has 6 nitrogen and oxygen atoms in total. The lowest BCUT2D eigenvalue weighted by Crippen LogP contribution is -2.23. The molecular weight excluding hydrogens is 388 g/mol. The monoisotopic (exact) mass is 406 g/mol. The average Bonchev–Trinajstić information content (AvgIpc) is 3.02. The molecular formula is C19H19ClN2O4S. The van der Waals surface area contributed by atoms with Crippen LogP contribution < -0.4 is 9.46 Å². The highest BCUT2D eigenvalue weighted by atomic mass is 35.5. The third-order valence-corrected chi connectivity index (χ3v) is 5.49. The van der Waals surface area contributed by atoms with E-state index in [1.165, 1.54) is 12.1 Å². The predicted octanol–water partition coefficient (Wildman–Crippen LogP) is 4.18. The van der Waals surface area contributed by atoms with Crippen molar-refractivity contribution in [2.75, 3.05) is 6.61 Å². The van der Waals surface area contributed by atoms with E-state index in [2.05, 4.69) is 9.71 Å². The molecule has 1 N–H and O–H groups in total. The topological polar surface area (TPSA) is 81.4 Å². The van der Waals surface area contributed by atoms with Gasteiger partial charge >= 0.3 is 0 Å². The van der Waals surface area contributed by atoms with Crippen LogP contribution in [0.4, 0.5) is 0 Å². The Bertz CT molecular complexity index is 1030. The zero-order valence-corrected chi connectivity index (χ0v) is 16.5. The minimum absolute atomic E-state index is 0.0193. The minimum atomic E-state index is -3.68. The van der Waals surface area contributed by atoms with E-state index in [9.17, 15) is 8.42 Å². The van der Waals surface area contributed by atoms with Gasteiger partial charge in [-0.2, -0.15) is 0 Å². The fourth-order valence-corrected chi connectivity index (χ4v) is 3.64. The first-order chi connectivity index (χ1) is 12.9. The maximum atomic E-state index is 12.5. The van der Waals surface area contributed by atoms with Crippen LogP contribution in [0.3, 0.4) is 0 Å². The number of ether oxygens (including phenoxy) is 1. The molecule has 3 rings (SSSR count). The molecule has 0 atom stereocenters. The zero-order chi connectivity index (χ0) is 19.4. The van der Waals surface area contributed by atoms with Crippen molar-refractivity contribution in [1.82, 2.24) is 9.71 Å². The lowest BCUT2D eigenvalue weighted by molar-refractivity contribution is 0.340. The van der Waals surface area contributed by atoms with E-state index in [0.717, 1.165) is 5.56 Å². The van der Waals surface area contributed by atoms with Crippen molar-refractivity contribution in [3.05, 3.63) is 65.0 Å². The number of oxazole rings is 1. The van der Waals surface area contributed by atoms with E-state index in [1.54, 1.807) is 37.3 Å². The van der Waals surface area contributed by atoms with Gasteiger partial charge < -0.3 is 9.15 Å². The molecule has 0 saturated heterocycles. The number of halogens is 1. The standard InChI is InChI=1S/C19H19ClN2O4S/c1-3-25-16-7-9-17(10-8-16)27(23,24)21-12-18-13(2)26-19(22-18)14-5-4-6-15(20)11-14/h4-11,21H,3,12H2,1-2H3. The van der Waals surface area contributed by atoms with E-state index in [0.29, 0.717) is 34.7 Å². The van der Waals surface area contributed by atoms with Crippen LogP contribution in [0.2, 0.25) is 5.02 Å².